The molecule has 1 atom stereocenters. The van der Waals surface area contributed by atoms with Gasteiger partial charge >= 0.3 is 0 Å². The predicted octanol–water partition coefficient (Wildman–Crippen LogP) is 3.59. The molecule has 1 aliphatic heterocycles. The summed E-state index contributed by atoms with van der Waals surface area (Å²) in [7, 11) is 0. The van der Waals surface area contributed by atoms with E-state index in [2.05, 4.69) is 39.9 Å². The summed E-state index contributed by atoms with van der Waals surface area (Å²) in [4.78, 5) is 0. The van der Waals surface area contributed by atoms with Crippen LogP contribution in [0.4, 0.5) is 0 Å². The van der Waals surface area contributed by atoms with Crippen molar-refractivity contribution < 1.29 is 0 Å². The van der Waals surface area contributed by atoms with Crippen molar-refractivity contribution in [3.05, 3.63) is 0 Å². The summed E-state index contributed by atoms with van der Waals surface area (Å²) in [6.07, 6.45) is 5.33. The maximum atomic E-state index is 3.81. The Kier molecular flexibility index (Phi) is 3.63. The second kappa shape index (κ2) is 4.22. The topological polar surface area (TPSA) is 12.0 Å². The molecule has 14 heavy (non-hydrogen) atoms. The van der Waals surface area contributed by atoms with Crippen molar-refractivity contribution in [1.82, 2.24) is 5.32 Å². The lowest BCUT2D eigenvalue weighted by Crippen LogP contribution is -2.56. The van der Waals surface area contributed by atoms with Crippen molar-refractivity contribution in [2.45, 2.75) is 65.8 Å². The molecule has 1 saturated heterocycles. The highest BCUT2D eigenvalue weighted by atomic mass is 15.0. The van der Waals surface area contributed by atoms with E-state index >= 15 is 0 Å². The molecule has 0 saturated carbocycles. The summed E-state index contributed by atoms with van der Waals surface area (Å²) < 4.78 is 0. The predicted molar refractivity (Wildman–Crippen MR) is 63.5 cm³/mol. The SMILES string of the molecule is CCC(CC)C1(C(C)(C)C)CCCN1. The largest absolute Gasteiger partial charge is 0.310 e. The molecule has 0 aromatic carbocycles. The van der Waals surface area contributed by atoms with Crippen LogP contribution in [0.5, 0.6) is 0 Å². The normalized spacial score (nSPS) is 28.7. The number of nitrogens with one attached hydrogen (secondary N) is 1. The van der Waals surface area contributed by atoms with Crippen molar-refractivity contribution in [1.29, 1.82) is 0 Å². The van der Waals surface area contributed by atoms with Crippen LogP contribution in [0, 0.1) is 11.3 Å². The lowest BCUT2D eigenvalue weighted by molar-refractivity contribution is 0.0811. The van der Waals surface area contributed by atoms with Crippen LogP contribution in [0.1, 0.15) is 60.3 Å². The second-order valence-corrected chi connectivity index (χ2v) is 5.77. The Hall–Kier alpha value is -0.0400. The molecule has 1 heteroatoms. The van der Waals surface area contributed by atoms with Crippen molar-refractivity contribution in [3.63, 3.8) is 0 Å². The third kappa shape index (κ3) is 1.84. The molecule has 1 fully saturated rings. The van der Waals surface area contributed by atoms with E-state index in [1.807, 2.05) is 0 Å². The first-order valence-electron chi connectivity index (χ1n) is 6.23. The molecule has 0 amide bonds. The monoisotopic (exact) mass is 197 g/mol. The summed E-state index contributed by atoms with van der Waals surface area (Å²) >= 11 is 0. The van der Waals surface area contributed by atoms with Gasteiger partial charge in [-0.1, -0.05) is 47.5 Å². The van der Waals surface area contributed by atoms with Gasteiger partial charge in [0.2, 0.25) is 0 Å². The molecular weight excluding hydrogens is 170 g/mol. The first-order valence-corrected chi connectivity index (χ1v) is 6.23. The van der Waals surface area contributed by atoms with Gasteiger partial charge in [-0.3, -0.25) is 0 Å². The molecule has 0 spiro atoms. The van der Waals surface area contributed by atoms with Gasteiger partial charge in [-0.05, 0) is 30.7 Å². The van der Waals surface area contributed by atoms with Gasteiger partial charge in [0.1, 0.15) is 0 Å². The van der Waals surface area contributed by atoms with Crippen LogP contribution in [0.2, 0.25) is 0 Å². The first kappa shape index (κ1) is 12.0. The molecular formula is C13H27N. The van der Waals surface area contributed by atoms with E-state index in [1.54, 1.807) is 0 Å². The summed E-state index contributed by atoms with van der Waals surface area (Å²) in [5.74, 6) is 0.838. The lowest BCUT2D eigenvalue weighted by Gasteiger charge is -2.48. The Morgan fingerprint density at radius 1 is 1.21 bits per heavy atom. The first-order chi connectivity index (χ1) is 6.48. The van der Waals surface area contributed by atoms with E-state index in [9.17, 15) is 0 Å². The van der Waals surface area contributed by atoms with E-state index in [0.29, 0.717) is 11.0 Å². The average Bonchev–Trinajstić information content (AvgIpc) is 2.55. The van der Waals surface area contributed by atoms with E-state index < -0.39 is 0 Å². The highest BCUT2D eigenvalue weighted by Gasteiger charge is 2.47. The zero-order valence-electron chi connectivity index (χ0n) is 10.6. The van der Waals surface area contributed by atoms with Crippen LogP contribution in [-0.4, -0.2) is 12.1 Å². The van der Waals surface area contributed by atoms with Gasteiger partial charge in [-0.2, -0.15) is 0 Å². The maximum Gasteiger partial charge on any atom is 0.0258 e. The maximum absolute atomic E-state index is 3.81. The minimum Gasteiger partial charge on any atom is -0.310 e. The van der Waals surface area contributed by atoms with Crippen LogP contribution < -0.4 is 5.32 Å². The highest BCUT2D eigenvalue weighted by molar-refractivity contribution is 5.05. The van der Waals surface area contributed by atoms with Crippen molar-refractivity contribution in [2.75, 3.05) is 6.54 Å². The zero-order valence-corrected chi connectivity index (χ0v) is 10.6. The molecule has 1 N–H and O–H groups in total. The number of hydrogen-bond acceptors (Lipinski definition) is 1. The molecule has 0 radical (unpaired) electrons. The molecule has 0 bridgehead atoms. The standard InChI is InChI=1S/C13H27N/c1-6-11(7-2)13(12(3,4)5)9-8-10-14-13/h11,14H,6-10H2,1-5H3. The third-order valence-corrected chi connectivity index (χ3v) is 4.21. The minimum atomic E-state index is 0.389. The Balaban J connectivity index is 2.91. The second-order valence-electron chi connectivity index (χ2n) is 5.77. The van der Waals surface area contributed by atoms with E-state index in [-0.39, 0.29) is 0 Å². The fourth-order valence-corrected chi connectivity index (χ4v) is 3.35. The van der Waals surface area contributed by atoms with Crippen LogP contribution >= 0.6 is 0 Å². The summed E-state index contributed by atoms with van der Waals surface area (Å²) in [5, 5.41) is 3.81. The lowest BCUT2D eigenvalue weighted by atomic mass is 9.64. The molecule has 0 aromatic rings. The van der Waals surface area contributed by atoms with E-state index in [4.69, 9.17) is 0 Å². The summed E-state index contributed by atoms with van der Waals surface area (Å²) in [6.45, 7) is 13.1. The van der Waals surface area contributed by atoms with Crippen molar-refractivity contribution >= 4 is 0 Å². The van der Waals surface area contributed by atoms with Gasteiger partial charge < -0.3 is 5.32 Å². The van der Waals surface area contributed by atoms with Gasteiger partial charge in [-0.25, -0.2) is 0 Å². The third-order valence-electron chi connectivity index (χ3n) is 4.21. The molecule has 1 rings (SSSR count). The molecule has 0 aliphatic carbocycles. The molecule has 1 unspecified atom stereocenters. The van der Waals surface area contributed by atoms with E-state index in [1.165, 1.54) is 32.2 Å². The highest BCUT2D eigenvalue weighted by Crippen LogP contribution is 2.45. The fourth-order valence-electron chi connectivity index (χ4n) is 3.35. The van der Waals surface area contributed by atoms with Crippen LogP contribution in [-0.2, 0) is 0 Å². The molecule has 84 valence electrons. The molecule has 0 aromatic heterocycles. The van der Waals surface area contributed by atoms with Crippen LogP contribution in [0.15, 0.2) is 0 Å². The van der Waals surface area contributed by atoms with Gasteiger partial charge in [0.15, 0.2) is 0 Å². The molecule has 1 heterocycles. The number of rotatable bonds is 3. The molecule has 1 nitrogen and oxygen atoms in total. The average molecular weight is 197 g/mol. The Labute approximate surface area is 89.7 Å². The van der Waals surface area contributed by atoms with Gasteiger partial charge in [0.25, 0.3) is 0 Å². The quantitative estimate of drug-likeness (QED) is 0.729. The minimum absolute atomic E-state index is 0.389. The van der Waals surface area contributed by atoms with Gasteiger partial charge in [0.05, 0.1) is 0 Å². The summed E-state index contributed by atoms with van der Waals surface area (Å²) in [6, 6.07) is 0. The van der Waals surface area contributed by atoms with Crippen LogP contribution in [0.25, 0.3) is 0 Å². The Morgan fingerprint density at radius 2 is 1.79 bits per heavy atom. The number of hydrogen-bond donors (Lipinski definition) is 1. The molecule has 1 aliphatic rings. The van der Waals surface area contributed by atoms with Gasteiger partial charge in [-0.15, -0.1) is 0 Å². The van der Waals surface area contributed by atoms with E-state index in [0.717, 1.165) is 5.92 Å². The smallest absolute Gasteiger partial charge is 0.0258 e. The Morgan fingerprint density at radius 3 is 2.07 bits per heavy atom. The fraction of sp³-hybridized carbons (Fsp3) is 1.00. The van der Waals surface area contributed by atoms with Crippen molar-refractivity contribution in [2.24, 2.45) is 11.3 Å². The summed E-state index contributed by atoms with van der Waals surface area (Å²) in [5.41, 5.74) is 0.788. The van der Waals surface area contributed by atoms with Gasteiger partial charge in [0, 0.05) is 5.54 Å². The van der Waals surface area contributed by atoms with Crippen LogP contribution in [0.3, 0.4) is 0 Å². The van der Waals surface area contributed by atoms with Crippen molar-refractivity contribution in [3.8, 4) is 0 Å². The zero-order chi connectivity index (χ0) is 10.8. The Bertz CT molecular complexity index is 168.